The second-order valence-corrected chi connectivity index (χ2v) is 4.72. The van der Waals surface area contributed by atoms with E-state index >= 15 is 0 Å². The highest BCUT2D eigenvalue weighted by Crippen LogP contribution is 2.56. The first-order valence-electron chi connectivity index (χ1n) is 5.28. The summed E-state index contributed by atoms with van der Waals surface area (Å²) in [6, 6.07) is 0. The maximum atomic E-state index is 12.2. The molecule has 0 heterocycles. The lowest BCUT2D eigenvalue weighted by Gasteiger charge is -2.18. The standard InChI is InChI=1S/C10H19O5P/c1-5-9(10(11)13-6-2)16(12,14-7-3)15-8-4/h5H,6-8H2,1-4H3. The molecule has 0 aliphatic carbocycles. The van der Waals surface area contributed by atoms with Crippen LogP contribution in [0.3, 0.4) is 0 Å². The molecule has 0 saturated carbocycles. The monoisotopic (exact) mass is 250 g/mol. The Kier molecular flexibility index (Phi) is 7.30. The van der Waals surface area contributed by atoms with Crippen molar-refractivity contribution in [1.29, 1.82) is 0 Å². The van der Waals surface area contributed by atoms with Gasteiger partial charge in [-0.05, 0) is 27.7 Å². The Morgan fingerprint density at radius 1 is 1.12 bits per heavy atom. The molecular formula is C10H19O5P. The summed E-state index contributed by atoms with van der Waals surface area (Å²) in [4.78, 5) is 11.5. The number of hydrogen-bond donors (Lipinski definition) is 0. The van der Waals surface area contributed by atoms with E-state index in [0.29, 0.717) is 0 Å². The number of ether oxygens (including phenoxy) is 1. The van der Waals surface area contributed by atoms with Gasteiger partial charge in [0.1, 0.15) is 5.31 Å². The first-order chi connectivity index (χ1) is 7.55. The summed E-state index contributed by atoms with van der Waals surface area (Å²) in [6.45, 7) is 7.26. The Hall–Kier alpha value is -0.640. The molecule has 0 N–H and O–H groups in total. The van der Waals surface area contributed by atoms with Crippen LogP contribution in [0.25, 0.3) is 0 Å². The van der Waals surface area contributed by atoms with Crippen LogP contribution >= 0.6 is 7.60 Å². The maximum Gasteiger partial charge on any atom is 0.368 e. The van der Waals surface area contributed by atoms with Crippen LogP contribution in [0, 0.1) is 0 Å². The van der Waals surface area contributed by atoms with Crippen molar-refractivity contribution in [3.05, 3.63) is 11.4 Å². The highest BCUT2D eigenvalue weighted by molar-refractivity contribution is 7.59. The first-order valence-corrected chi connectivity index (χ1v) is 6.83. The van der Waals surface area contributed by atoms with Gasteiger partial charge in [0.2, 0.25) is 0 Å². The van der Waals surface area contributed by atoms with Crippen LogP contribution in [0.15, 0.2) is 11.4 Å². The molecule has 0 unspecified atom stereocenters. The minimum atomic E-state index is -3.53. The minimum Gasteiger partial charge on any atom is -0.462 e. The molecule has 16 heavy (non-hydrogen) atoms. The third kappa shape index (κ3) is 4.08. The van der Waals surface area contributed by atoms with Crippen LogP contribution in [0.5, 0.6) is 0 Å². The number of rotatable bonds is 7. The van der Waals surface area contributed by atoms with Crippen molar-refractivity contribution in [2.45, 2.75) is 27.7 Å². The molecule has 94 valence electrons. The predicted molar refractivity (Wildman–Crippen MR) is 61.2 cm³/mol. The molecule has 0 rings (SSSR count). The number of hydrogen-bond acceptors (Lipinski definition) is 5. The summed E-state index contributed by atoms with van der Waals surface area (Å²) in [5.74, 6) is -0.657. The Balaban J connectivity index is 5.01. The fraction of sp³-hybridized carbons (Fsp3) is 0.700. The fourth-order valence-electron chi connectivity index (χ4n) is 1.11. The molecule has 0 aromatic carbocycles. The zero-order valence-corrected chi connectivity index (χ0v) is 11.1. The molecule has 0 aromatic heterocycles. The number of carbonyl (C=O) groups is 1. The van der Waals surface area contributed by atoms with Gasteiger partial charge in [0.15, 0.2) is 0 Å². The van der Waals surface area contributed by atoms with Crippen molar-refractivity contribution in [3.8, 4) is 0 Å². The molecule has 0 saturated heterocycles. The lowest BCUT2D eigenvalue weighted by atomic mass is 10.5. The highest BCUT2D eigenvalue weighted by Gasteiger charge is 2.35. The van der Waals surface area contributed by atoms with Crippen molar-refractivity contribution in [1.82, 2.24) is 0 Å². The molecule has 0 bridgehead atoms. The smallest absolute Gasteiger partial charge is 0.368 e. The average Bonchev–Trinajstić information content (AvgIpc) is 2.19. The van der Waals surface area contributed by atoms with Crippen molar-refractivity contribution in [3.63, 3.8) is 0 Å². The van der Waals surface area contributed by atoms with Crippen molar-refractivity contribution < 1.29 is 23.1 Å². The Bertz CT molecular complexity index is 288. The van der Waals surface area contributed by atoms with Gasteiger partial charge < -0.3 is 13.8 Å². The SMILES string of the molecule is CC=C(C(=O)OCC)P(=O)(OCC)OCC. The molecule has 5 nitrogen and oxygen atoms in total. The quantitative estimate of drug-likeness (QED) is 0.395. The van der Waals surface area contributed by atoms with E-state index in [2.05, 4.69) is 0 Å². The van der Waals surface area contributed by atoms with Gasteiger partial charge >= 0.3 is 13.6 Å². The van der Waals surface area contributed by atoms with E-state index in [1.165, 1.54) is 6.08 Å². The number of carbonyl (C=O) groups excluding carboxylic acids is 1. The van der Waals surface area contributed by atoms with Crippen molar-refractivity contribution >= 4 is 13.6 Å². The third-order valence-electron chi connectivity index (χ3n) is 1.65. The van der Waals surface area contributed by atoms with Crippen LogP contribution < -0.4 is 0 Å². The van der Waals surface area contributed by atoms with E-state index in [1.807, 2.05) is 0 Å². The van der Waals surface area contributed by atoms with Crippen molar-refractivity contribution in [2.75, 3.05) is 19.8 Å². The van der Waals surface area contributed by atoms with Gasteiger partial charge in [0.25, 0.3) is 0 Å². The summed E-state index contributed by atoms with van der Waals surface area (Å²) in [5, 5.41) is -0.0435. The topological polar surface area (TPSA) is 61.8 Å². The van der Waals surface area contributed by atoms with Gasteiger partial charge in [-0.1, -0.05) is 6.08 Å². The van der Waals surface area contributed by atoms with Gasteiger partial charge in [0.05, 0.1) is 19.8 Å². The Morgan fingerprint density at radius 3 is 1.94 bits per heavy atom. The molecular weight excluding hydrogens is 231 g/mol. The maximum absolute atomic E-state index is 12.2. The average molecular weight is 250 g/mol. The van der Waals surface area contributed by atoms with E-state index in [0.717, 1.165) is 0 Å². The lowest BCUT2D eigenvalue weighted by Crippen LogP contribution is -2.11. The normalized spacial score (nSPS) is 12.6. The zero-order valence-electron chi connectivity index (χ0n) is 10.2. The zero-order chi connectivity index (χ0) is 12.6. The molecule has 0 fully saturated rings. The molecule has 0 amide bonds. The van der Waals surface area contributed by atoms with E-state index in [4.69, 9.17) is 13.8 Å². The van der Waals surface area contributed by atoms with Crippen LogP contribution in [0.1, 0.15) is 27.7 Å². The minimum absolute atomic E-state index is 0.0435. The Morgan fingerprint density at radius 2 is 1.62 bits per heavy atom. The molecule has 0 atom stereocenters. The van der Waals surface area contributed by atoms with Gasteiger partial charge in [-0.25, -0.2) is 4.79 Å². The lowest BCUT2D eigenvalue weighted by molar-refractivity contribution is -0.137. The number of allylic oxidation sites excluding steroid dienone is 1. The van der Waals surface area contributed by atoms with Crippen LogP contribution in [-0.2, 0) is 23.1 Å². The first kappa shape index (κ1) is 15.4. The van der Waals surface area contributed by atoms with Crippen molar-refractivity contribution in [2.24, 2.45) is 0 Å². The molecule has 0 aromatic rings. The molecule has 0 spiro atoms. The fourth-order valence-corrected chi connectivity index (χ4v) is 2.75. The predicted octanol–water partition coefficient (Wildman–Crippen LogP) is 2.72. The summed E-state index contributed by atoms with van der Waals surface area (Å²) in [6.07, 6.45) is 1.41. The van der Waals surface area contributed by atoms with E-state index in [9.17, 15) is 9.36 Å². The molecule has 0 aliphatic rings. The number of esters is 1. The molecule has 0 aliphatic heterocycles. The second-order valence-electron chi connectivity index (χ2n) is 2.73. The Labute approximate surface area is 96.3 Å². The van der Waals surface area contributed by atoms with Gasteiger partial charge in [-0.3, -0.25) is 4.57 Å². The van der Waals surface area contributed by atoms with Crippen LogP contribution in [0.2, 0.25) is 0 Å². The highest BCUT2D eigenvalue weighted by atomic mass is 31.2. The summed E-state index contributed by atoms with van der Waals surface area (Å²) in [5.41, 5.74) is 0. The third-order valence-corrected chi connectivity index (χ3v) is 3.88. The van der Waals surface area contributed by atoms with Crippen LogP contribution in [-0.4, -0.2) is 25.8 Å². The van der Waals surface area contributed by atoms with Gasteiger partial charge in [0, 0.05) is 0 Å². The van der Waals surface area contributed by atoms with E-state index in [-0.39, 0.29) is 25.1 Å². The van der Waals surface area contributed by atoms with E-state index < -0.39 is 13.6 Å². The summed E-state index contributed by atoms with van der Waals surface area (Å²) < 4.78 is 27.2. The van der Waals surface area contributed by atoms with Crippen LogP contribution in [0.4, 0.5) is 0 Å². The van der Waals surface area contributed by atoms with Gasteiger partial charge in [-0.15, -0.1) is 0 Å². The molecule has 0 radical (unpaired) electrons. The largest absolute Gasteiger partial charge is 0.462 e. The summed E-state index contributed by atoms with van der Waals surface area (Å²) in [7, 11) is -3.53. The second kappa shape index (κ2) is 7.60. The summed E-state index contributed by atoms with van der Waals surface area (Å²) >= 11 is 0. The van der Waals surface area contributed by atoms with E-state index in [1.54, 1.807) is 27.7 Å². The van der Waals surface area contributed by atoms with Gasteiger partial charge in [-0.2, -0.15) is 0 Å². The molecule has 6 heteroatoms.